The van der Waals surface area contributed by atoms with Gasteiger partial charge >= 0.3 is 0 Å². The molecule has 0 amide bonds. The fourth-order valence-electron chi connectivity index (χ4n) is 2.65. The zero-order chi connectivity index (χ0) is 18.1. The number of benzene rings is 1. The zero-order valence-corrected chi connectivity index (χ0v) is 15.5. The fourth-order valence-corrected chi connectivity index (χ4v) is 3.01. The molecule has 0 spiro atoms. The van der Waals surface area contributed by atoms with Gasteiger partial charge in [0.25, 0.3) is 5.78 Å². The van der Waals surface area contributed by atoms with E-state index in [2.05, 4.69) is 46.6 Å². The lowest BCUT2D eigenvalue weighted by Gasteiger charge is -2.10. The van der Waals surface area contributed by atoms with E-state index in [1.54, 1.807) is 10.6 Å². The van der Waals surface area contributed by atoms with E-state index in [0.717, 1.165) is 16.9 Å². The Bertz CT molecular complexity index is 1100. The van der Waals surface area contributed by atoms with Crippen molar-refractivity contribution < 1.29 is 4.39 Å². The van der Waals surface area contributed by atoms with Gasteiger partial charge in [-0.15, -0.1) is 0 Å². The normalized spacial score (nSPS) is 11.2. The Morgan fingerprint density at radius 3 is 2.85 bits per heavy atom. The van der Waals surface area contributed by atoms with Gasteiger partial charge in [0.15, 0.2) is 0 Å². The lowest BCUT2D eigenvalue weighted by molar-refractivity contribution is 0.623. The number of nitrogens with one attached hydrogen (secondary N) is 2. The Labute approximate surface area is 156 Å². The second kappa shape index (κ2) is 6.83. The highest BCUT2D eigenvalue weighted by Crippen LogP contribution is 2.23. The van der Waals surface area contributed by atoms with E-state index in [-0.39, 0.29) is 5.82 Å². The van der Waals surface area contributed by atoms with E-state index in [4.69, 9.17) is 0 Å². The van der Waals surface area contributed by atoms with Crippen molar-refractivity contribution in [3.8, 4) is 0 Å². The Morgan fingerprint density at radius 2 is 1.96 bits per heavy atom. The predicted molar refractivity (Wildman–Crippen MR) is 102 cm³/mol. The minimum absolute atomic E-state index is 0.325. The van der Waals surface area contributed by atoms with Crippen LogP contribution in [0.5, 0.6) is 0 Å². The number of fused-ring (bicyclic) bond motifs is 2. The summed E-state index contributed by atoms with van der Waals surface area (Å²) in [4.78, 5) is 12.8. The third-order valence-electron chi connectivity index (χ3n) is 3.85. The number of hydrogen-bond donors (Lipinski definition) is 2. The molecule has 1 aromatic carbocycles. The van der Waals surface area contributed by atoms with Crippen LogP contribution in [-0.2, 0) is 0 Å². The van der Waals surface area contributed by atoms with Gasteiger partial charge in [-0.3, -0.25) is 0 Å². The minimum Gasteiger partial charge on any atom is -0.368 e. The number of halogens is 2. The second-order valence-corrected chi connectivity index (χ2v) is 6.62. The number of nitrogens with zero attached hydrogens (tertiary/aromatic N) is 5. The van der Waals surface area contributed by atoms with Gasteiger partial charge in [0.05, 0.1) is 9.99 Å². The van der Waals surface area contributed by atoms with Crippen LogP contribution in [0.4, 0.5) is 16.0 Å². The summed E-state index contributed by atoms with van der Waals surface area (Å²) in [6.45, 7) is 3.19. The Balaban J connectivity index is 1.42. The number of pyridine rings is 1. The van der Waals surface area contributed by atoms with E-state index in [0.29, 0.717) is 34.7 Å². The molecular weight excluding hydrogens is 401 g/mol. The van der Waals surface area contributed by atoms with Gasteiger partial charge in [-0.1, -0.05) is 0 Å². The molecule has 3 aromatic heterocycles. The van der Waals surface area contributed by atoms with Gasteiger partial charge in [0.2, 0.25) is 0 Å². The Kier molecular flexibility index (Phi) is 4.37. The zero-order valence-electron chi connectivity index (χ0n) is 13.9. The largest absolute Gasteiger partial charge is 0.368 e. The Hall–Kier alpha value is -2.81. The number of hydrogen-bond acceptors (Lipinski definition) is 6. The van der Waals surface area contributed by atoms with E-state index in [9.17, 15) is 4.39 Å². The summed E-state index contributed by atoms with van der Waals surface area (Å²) in [6, 6.07) is 8.84. The monoisotopic (exact) mass is 415 g/mol. The van der Waals surface area contributed by atoms with E-state index in [1.807, 2.05) is 25.1 Å². The maximum absolute atomic E-state index is 13.7. The van der Waals surface area contributed by atoms with Gasteiger partial charge in [-0.05, 0) is 41.1 Å². The fraction of sp³-hybridized carbons (Fsp3) is 0.176. The van der Waals surface area contributed by atoms with Gasteiger partial charge in [0.1, 0.15) is 23.8 Å². The van der Waals surface area contributed by atoms with Crippen molar-refractivity contribution in [3.05, 3.63) is 52.6 Å². The number of rotatable bonds is 5. The first-order valence-electron chi connectivity index (χ1n) is 8.01. The third-order valence-corrected chi connectivity index (χ3v) is 4.46. The topological polar surface area (TPSA) is 80.0 Å². The molecule has 26 heavy (non-hydrogen) atoms. The van der Waals surface area contributed by atoms with Crippen molar-refractivity contribution in [2.24, 2.45) is 0 Å². The first-order valence-corrected chi connectivity index (χ1v) is 8.80. The average molecular weight is 416 g/mol. The van der Waals surface area contributed by atoms with Crippen LogP contribution in [0.2, 0.25) is 0 Å². The van der Waals surface area contributed by atoms with Crippen LogP contribution in [0.1, 0.15) is 5.69 Å². The van der Waals surface area contributed by atoms with Crippen molar-refractivity contribution in [1.82, 2.24) is 24.6 Å². The molecule has 0 atom stereocenters. The van der Waals surface area contributed by atoms with Gasteiger partial charge in [0, 0.05) is 36.3 Å². The maximum atomic E-state index is 13.7. The van der Waals surface area contributed by atoms with Crippen LogP contribution in [0.15, 0.2) is 41.1 Å². The highest BCUT2D eigenvalue weighted by atomic mass is 79.9. The molecule has 4 aromatic rings. The van der Waals surface area contributed by atoms with Crippen molar-refractivity contribution >= 4 is 44.2 Å². The summed E-state index contributed by atoms with van der Waals surface area (Å²) in [5.41, 5.74) is 1.48. The van der Waals surface area contributed by atoms with Crippen molar-refractivity contribution in [3.63, 3.8) is 0 Å². The molecule has 2 N–H and O–H groups in total. The molecule has 132 valence electrons. The standard InChI is InChI=1S/C17H15BrFN7/c1-10-6-16(26-17(24-10)22-9-23-26)21-5-4-20-15-3-2-11-7-12(18)13(19)8-14(11)25-15/h2-3,6-9,21H,4-5H2,1H3,(H,20,25). The molecule has 0 bridgehead atoms. The molecule has 7 nitrogen and oxygen atoms in total. The van der Waals surface area contributed by atoms with E-state index in [1.165, 1.54) is 12.4 Å². The summed E-state index contributed by atoms with van der Waals surface area (Å²) >= 11 is 3.18. The quantitative estimate of drug-likeness (QED) is 0.486. The summed E-state index contributed by atoms with van der Waals surface area (Å²) in [5, 5.41) is 11.6. The van der Waals surface area contributed by atoms with Crippen LogP contribution in [-0.4, -0.2) is 37.7 Å². The first-order chi connectivity index (χ1) is 12.6. The lowest BCUT2D eigenvalue weighted by atomic mass is 10.2. The summed E-state index contributed by atoms with van der Waals surface area (Å²) < 4.78 is 15.8. The molecule has 0 aliphatic rings. The minimum atomic E-state index is -0.325. The molecule has 0 saturated heterocycles. The highest BCUT2D eigenvalue weighted by Gasteiger charge is 2.06. The maximum Gasteiger partial charge on any atom is 0.254 e. The van der Waals surface area contributed by atoms with Crippen LogP contribution >= 0.6 is 15.9 Å². The average Bonchev–Trinajstić information content (AvgIpc) is 3.08. The number of aromatic nitrogens is 5. The lowest BCUT2D eigenvalue weighted by Crippen LogP contribution is -2.16. The molecule has 0 fully saturated rings. The van der Waals surface area contributed by atoms with E-state index >= 15 is 0 Å². The van der Waals surface area contributed by atoms with Gasteiger partial charge < -0.3 is 10.6 Å². The molecule has 0 radical (unpaired) electrons. The van der Waals surface area contributed by atoms with Gasteiger partial charge in [-0.2, -0.15) is 14.6 Å². The Morgan fingerprint density at radius 1 is 1.12 bits per heavy atom. The van der Waals surface area contributed by atoms with Crippen LogP contribution in [0.3, 0.4) is 0 Å². The van der Waals surface area contributed by atoms with Crippen molar-refractivity contribution in [2.45, 2.75) is 6.92 Å². The molecule has 3 heterocycles. The SMILES string of the molecule is Cc1cc(NCCNc2ccc3cc(Br)c(F)cc3n2)n2ncnc2n1. The molecular formula is C17H15BrFN7. The first kappa shape index (κ1) is 16.6. The second-order valence-electron chi connectivity index (χ2n) is 5.76. The highest BCUT2D eigenvalue weighted by molar-refractivity contribution is 9.10. The number of anilines is 2. The molecule has 0 aliphatic carbocycles. The molecule has 0 saturated carbocycles. The van der Waals surface area contributed by atoms with Crippen molar-refractivity contribution in [2.75, 3.05) is 23.7 Å². The summed E-state index contributed by atoms with van der Waals surface area (Å²) in [7, 11) is 0. The van der Waals surface area contributed by atoms with Crippen LogP contribution in [0.25, 0.3) is 16.7 Å². The molecule has 0 unspecified atom stereocenters. The molecule has 4 rings (SSSR count). The van der Waals surface area contributed by atoms with Crippen LogP contribution in [0, 0.1) is 12.7 Å². The summed E-state index contributed by atoms with van der Waals surface area (Å²) in [6.07, 6.45) is 1.47. The van der Waals surface area contributed by atoms with Crippen molar-refractivity contribution in [1.29, 1.82) is 0 Å². The summed E-state index contributed by atoms with van der Waals surface area (Å²) in [5.74, 6) is 1.75. The number of aryl methyl sites for hydroxylation is 1. The molecule has 9 heteroatoms. The van der Waals surface area contributed by atoms with Gasteiger partial charge in [-0.25, -0.2) is 14.4 Å². The smallest absolute Gasteiger partial charge is 0.254 e. The third kappa shape index (κ3) is 3.30. The van der Waals surface area contributed by atoms with E-state index < -0.39 is 0 Å². The molecule has 0 aliphatic heterocycles. The van der Waals surface area contributed by atoms with Crippen LogP contribution < -0.4 is 10.6 Å². The predicted octanol–water partition coefficient (Wildman–Crippen LogP) is 3.41.